The fourth-order valence-corrected chi connectivity index (χ4v) is 3.96. The molecule has 150 valence electrons. The van der Waals surface area contributed by atoms with Gasteiger partial charge in [0.05, 0.1) is 16.8 Å². The van der Waals surface area contributed by atoms with Crippen LogP contribution in [0.15, 0.2) is 42.5 Å². The van der Waals surface area contributed by atoms with Crippen molar-refractivity contribution >= 4 is 34.3 Å². The van der Waals surface area contributed by atoms with Crippen molar-refractivity contribution < 1.29 is 23.8 Å². The summed E-state index contributed by atoms with van der Waals surface area (Å²) in [7, 11) is 0. The number of aromatic nitrogens is 1. The van der Waals surface area contributed by atoms with Crippen molar-refractivity contribution in [3.8, 4) is 11.5 Å². The summed E-state index contributed by atoms with van der Waals surface area (Å²) in [5.74, 6) is 0.789. The van der Waals surface area contributed by atoms with Crippen molar-refractivity contribution in [1.29, 1.82) is 0 Å². The first-order chi connectivity index (χ1) is 14.6. The van der Waals surface area contributed by atoms with E-state index in [4.69, 9.17) is 19.2 Å². The highest BCUT2D eigenvalue weighted by atomic mass is 16.7. The van der Waals surface area contributed by atoms with Gasteiger partial charge < -0.3 is 14.2 Å². The molecule has 0 saturated heterocycles. The van der Waals surface area contributed by atoms with Crippen LogP contribution in [0.5, 0.6) is 11.5 Å². The molecule has 0 saturated carbocycles. The maximum atomic E-state index is 12.9. The number of esters is 1. The number of ketones is 1. The van der Waals surface area contributed by atoms with Crippen molar-refractivity contribution in [3.05, 3.63) is 64.8 Å². The standard InChI is InChI=1S/C24H19NO5/c1-14(26)12-28-24(27)22-17-4-2-3-5-19(17)25-23-16(7-8-18(22)23)10-15-6-9-20-21(11-15)30-13-29-20/h2-6,9-11H,7-8,12-13H2,1H3/b16-10+. The van der Waals surface area contributed by atoms with E-state index < -0.39 is 5.97 Å². The van der Waals surface area contributed by atoms with Crippen molar-refractivity contribution in [1.82, 2.24) is 4.98 Å². The second-order valence-corrected chi connectivity index (χ2v) is 7.39. The molecule has 2 aliphatic rings. The highest BCUT2D eigenvalue weighted by molar-refractivity contribution is 6.07. The van der Waals surface area contributed by atoms with E-state index in [1.807, 2.05) is 42.5 Å². The number of Topliss-reactive ketones (excluding diaryl/α,β-unsaturated/α-hetero) is 1. The lowest BCUT2D eigenvalue weighted by molar-refractivity contribution is -0.120. The third-order valence-electron chi connectivity index (χ3n) is 5.29. The number of pyridine rings is 1. The number of fused-ring (bicyclic) bond motifs is 3. The average Bonchev–Trinajstić information content (AvgIpc) is 3.37. The lowest BCUT2D eigenvalue weighted by atomic mass is 10.0. The van der Waals surface area contributed by atoms with Gasteiger partial charge in [-0.3, -0.25) is 4.79 Å². The Kier molecular flexibility index (Phi) is 4.47. The number of carbonyl (C=O) groups is 2. The summed E-state index contributed by atoms with van der Waals surface area (Å²) >= 11 is 0. The number of para-hydroxylation sites is 1. The molecule has 6 heteroatoms. The molecule has 0 bridgehead atoms. The lowest BCUT2D eigenvalue weighted by Gasteiger charge is -2.12. The summed E-state index contributed by atoms with van der Waals surface area (Å²) < 4.78 is 16.1. The summed E-state index contributed by atoms with van der Waals surface area (Å²) in [6.07, 6.45) is 3.52. The molecule has 0 spiro atoms. The normalized spacial score (nSPS) is 15.4. The van der Waals surface area contributed by atoms with E-state index in [-0.39, 0.29) is 19.2 Å². The van der Waals surface area contributed by atoms with Gasteiger partial charge in [0.1, 0.15) is 6.61 Å². The molecule has 1 aromatic heterocycles. The van der Waals surface area contributed by atoms with E-state index >= 15 is 0 Å². The number of benzene rings is 2. The van der Waals surface area contributed by atoms with Crippen LogP contribution in [0.3, 0.4) is 0 Å². The maximum Gasteiger partial charge on any atom is 0.339 e. The van der Waals surface area contributed by atoms with Gasteiger partial charge in [-0.15, -0.1) is 0 Å². The number of allylic oxidation sites excluding steroid dienone is 1. The SMILES string of the molecule is CC(=O)COC(=O)c1c2c(nc3ccccc13)/C(=C/c1ccc3c(c1)OCO3)CC2. The number of rotatable bonds is 4. The Morgan fingerprint density at radius 1 is 1.10 bits per heavy atom. The molecule has 2 heterocycles. The van der Waals surface area contributed by atoms with Crippen LogP contribution in [0.1, 0.15) is 40.5 Å². The molecule has 0 radical (unpaired) electrons. The minimum Gasteiger partial charge on any atom is -0.454 e. The van der Waals surface area contributed by atoms with Crippen molar-refractivity contribution in [2.24, 2.45) is 0 Å². The number of hydrogen-bond acceptors (Lipinski definition) is 6. The van der Waals surface area contributed by atoms with Crippen molar-refractivity contribution in [2.75, 3.05) is 13.4 Å². The molecule has 0 fully saturated rings. The number of carbonyl (C=O) groups excluding carboxylic acids is 2. The fraction of sp³-hybridized carbons (Fsp3) is 0.208. The first-order valence-electron chi connectivity index (χ1n) is 9.79. The molecule has 0 amide bonds. The third-order valence-corrected chi connectivity index (χ3v) is 5.29. The van der Waals surface area contributed by atoms with Crippen LogP contribution in [-0.4, -0.2) is 30.1 Å². The van der Waals surface area contributed by atoms with Gasteiger partial charge in [0.15, 0.2) is 17.3 Å². The molecule has 1 aliphatic heterocycles. The summed E-state index contributed by atoms with van der Waals surface area (Å²) in [5, 5.41) is 0.745. The molecule has 6 nitrogen and oxygen atoms in total. The van der Waals surface area contributed by atoms with Crippen molar-refractivity contribution in [2.45, 2.75) is 19.8 Å². The predicted molar refractivity (Wildman–Crippen MR) is 111 cm³/mol. The van der Waals surface area contributed by atoms with E-state index in [0.29, 0.717) is 12.0 Å². The van der Waals surface area contributed by atoms with Gasteiger partial charge in [0, 0.05) is 5.39 Å². The van der Waals surface area contributed by atoms with Gasteiger partial charge in [-0.1, -0.05) is 24.3 Å². The maximum absolute atomic E-state index is 12.9. The molecule has 5 rings (SSSR count). The Labute approximate surface area is 173 Å². The molecule has 0 N–H and O–H groups in total. The minimum absolute atomic E-state index is 0.193. The predicted octanol–water partition coefficient (Wildman–Crippen LogP) is 4.20. The largest absolute Gasteiger partial charge is 0.454 e. The molecule has 1 aliphatic carbocycles. The summed E-state index contributed by atoms with van der Waals surface area (Å²) in [4.78, 5) is 29.0. The van der Waals surface area contributed by atoms with E-state index in [1.54, 1.807) is 0 Å². The van der Waals surface area contributed by atoms with Crippen LogP contribution >= 0.6 is 0 Å². The highest BCUT2D eigenvalue weighted by Crippen LogP contribution is 2.39. The monoisotopic (exact) mass is 401 g/mol. The second kappa shape index (κ2) is 7.30. The van der Waals surface area contributed by atoms with Crippen LogP contribution in [0, 0.1) is 0 Å². The van der Waals surface area contributed by atoms with Crippen molar-refractivity contribution in [3.63, 3.8) is 0 Å². The van der Waals surface area contributed by atoms with Gasteiger partial charge in [-0.25, -0.2) is 9.78 Å². The van der Waals surface area contributed by atoms with Crippen LogP contribution in [0.25, 0.3) is 22.6 Å². The van der Waals surface area contributed by atoms with Gasteiger partial charge in [0.25, 0.3) is 0 Å². The van der Waals surface area contributed by atoms with E-state index in [9.17, 15) is 9.59 Å². The van der Waals surface area contributed by atoms with Crippen LogP contribution < -0.4 is 9.47 Å². The smallest absolute Gasteiger partial charge is 0.339 e. The minimum atomic E-state index is -0.482. The van der Waals surface area contributed by atoms with Crippen LogP contribution in [0.4, 0.5) is 0 Å². The Hall–Kier alpha value is -3.67. The molecular weight excluding hydrogens is 382 g/mol. The quantitative estimate of drug-likeness (QED) is 0.610. The van der Waals surface area contributed by atoms with Gasteiger partial charge in [-0.2, -0.15) is 0 Å². The first kappa shape index (κ1) is 18.4. The number of hydrogen-bond donors (Lipinski definition) is 0. The average molecular weight is 401 g/mol. The van der Waals surface area contributed by atoms with Gasteiger partial charge >= 0.3 is 5.97 Å². The summed E-state index contributed by atoms with van der Waals surface area (Å²) in [6.45, 7) is 1.40. The van der Waals surface area contributed by atoms with E-state index in [2.05, 4.69) is 6.08 Å². The van der Waals surface area contributed by atoms with Crippen LogP contribution in [0.2, 0.25) is 0 Å². The van der Waals surface area contributed by atoms with E-state index in [1.165, 1.54) is 6.92 Å². The van der Waals surface area contributed by atoms with E-state index in [0.717, 1.165) is 51.2 Å². The molecular formula is C24H19NO5. The number of nitrogens with zero attached hydrogens (tertiary/aromatic N) is 1. The Morgan fingerprint density at radius 2 is 1.93 bits per heavy atom. The van der Waals surface area contributed by atoms with Gasteiger partial charge in [-0.05, 0) is 60.7 Å². The second-order valence-electron chi connectivity index (χ2n) is 7.39. The topological polar surface area (TPSA) is 74.7 Å². The lowest BCUT2D eigenvalue weighted by Crippen LogP contribution is -2.14. The Balaban J connectivity index is 1.60. The molecule has 30 heavy (non-hydrogen) atoms. The molecule has 3 aromatic rings. The first-order valence-corrected chi connectivity index (χ1v) is 9.79. The Morgan fingerprint density at radius 3 is 2.80 bits per heavy atom. The van der Waals surface area contributed by atoms with Gasteiger partial charge in [0.2, 0.25) is 6.79 Å². The Bertz CT molecular complexity index is 1230. The zero-order valence-corrected chi connectivity index (χ0v) is 16.4. The summed E-state index contributed by atoms with van der Waals surface area (Å²) in [5.41, 5.74) is 4.94. The highest BCUT2D eigenvalue weighted by Gasteiger charge is 2.28. The summed E-state index contributed by atoms with van der Waals surface area (Å²) in [6, 6.07) is 13.3. The fourth-order valence-electron chi connectivity index (χ4n) is 3.96. The zero-order chi connectivity index (χ0) is 20.7. The molecule has 0 unspecified atom stereocenters. The molecule has 0 atom stereocenters. The zero-order valence-electron chi connectivity index (χ0n) is 16.4. The number of ether oxygens (including phenoxy) is 3. The third kappa shape index (κ3) is 3.20. The van der Waals surface area contributed by atoms with Crippen LogP contribution in [-0.2, 0) is 16.0 Å². The molecule has 2 aromatic carbocycles.